The molecule has 0 spiro atoms. The van der Waals surface area contributed by atoms with Crippen LogP contribution in [0.15, 0.2) is 0 Å². The number of hydrogen-bond acceptors (Lipinski definition) is 4. The fourth-order valence-corrected chi connectivity index (χ4v) is 1.76. The van der Waals surface area contributed by atoms with Crippen LogP contribution in [0.4, 0.5) is 0 Å². The van der Waals surface area contributed by atoms with E-state index < -0.39 is 16.6 Å². The zero-order valence-corrected chi connectivity index (χ0v) is 7.41. The first-order valence-corrected chi connectivity index (χ1v) is 3.99. The van der Waals surface area contributed by atoms with Crippen LogP contribution in [0, 0.1) is 5.41 Å². The van der Waals surface area contributed by atoms with Crippen molar-refractivity contribution in [3.63, 3.8) is 0 Å². The first kappa shape index (κ1) is 9.92. The molecule has 0 amide bonds. The summed E-state index contributed by atoms with van der Waals surface area (Å²) in [7, 11) is 0. The summed E-state index contributed by atoms with van der Waals surface area (Å²) in [5.74, 6) is 0. The highest BCUT2D eigenvalue weighted by molar-refractivity contribution is 5.18. The Morgan fingerprint density at radius 3 is 1.50 bits per heavy atom. The molecule has 2 atom stereocenters. The van der Waals surface area contributed by atoms with Crippen LogP contribution in [0.3, 0.4) is 0 Å². The van der Waals surface area contributed by atoms with Gasteiger partial charge in [0, 0.05) is 11.8 Å². The SMILES string of the molecule is CC1(C)[C@@](O)(CO)C[C@@]1(O)CO. The number of hydrogen-bond donors (Lipinski definition) is 4. The molecule has 4 N–H and O–H groups in total. The van der Waals surface area contributed by atoms with Crippen molar-refractivity contribution >= 4 is 0 Å². The zero-order valence-electron chi connectivity index (χ0n) is 7.41. The lowest BCUT2D eigenvalue weighted by Crippen LogP contribution is -2.74. The third-order valence-corrected chi connectivity index (χ3v) is 3.43. The Morgan fingerprint density at radius 1 is 1.00 bits per heavy atom. The lowest BCUT2D eigenvalue weighted by molar-refractivity contribution is -0.307. The standard InChI is InChI=1S/C8H16O4/c1-6(2)7(11,4-9)3-8(6,12)5-10/h9-12H,3-5H2,1-2H3/t7-,8+. The van der Waals surface area contributed by atoms with Gasteiger partial charge < -0.3 is 20.4 Å². The molecule has 0 saturated heterocycles. The smallest absolute Gasteiger partial charge is 0.0984 e. The van der Waals surface area contributed by atoms with Crippen molar-refractivity contribution in [3.8, 4) is 0 Å². The Balaban J connectivity index is 2.85. The third kappa shape index (κ3) is 0.864. The van der Waals surface area contributed by atoms with Gasteiger partial charge in [0.05, 0.1) is 24.4 Å². The molecule has 0 aromatic carbocycles. The van der Waals surface area contributed by atoms with Gasteiger partial charge in [-0.25, -0.2) is 0 Å². The molecule has 1 aliphatic carbocycles. The molecule has 1 aliphatic rings. The van der Waals surface area contributed by atoms with E-state index in [1.165, 1.54) is 0 Å². The molecule has 1 rings (SSSR count). The van der Waals surface area contributed by atoms with Gasteiger partial charge in [0.25, 0.3) is 0 Å². The van der Waals surface area contributed by atoms with Gasteiger partial charge in [-0.15, -0.1) is 0 Å². The predicted molar refractivity (Wildman–Crippen MR) is 42.5 cm³/mol. The van der Waals surface area contributed by atoms with Gasteiger partial charge in [0.2, 0.25) is 0 Å². The van der Waals surface area contributed by atoms with Gasteiger partial charge in [0.15, 0.2) is 0 Å². The molecule has 0 aromatic heterocycles. The average molecular weight is 176 g/mol. The maximum Gasteiger partial charge on any atom is 0.0984 e. The van der Waals surface area contributed by atoms with Crippen LogP contribution in [-0.4, -0.2) is 44.8 Å². The average Bonchev–Trinajstić information content (AvgIpc) is 2.03. The van der Waals surface area contributed by atoms with Crippen LogP contribution in [0.1, 0.15) is 20.3 Å². The van der Waals surface area contributed by atoms with Crippen LogP contribution in [0.5, 0.6) is 0 Å². The Hall–Kier alpha value is -0.160. The largest absolute Gasteiger partial charge is 0.393 e. The molecule has 4 heteroatoms. The minimum atomic E-state index is -1.26. The first-order chi connectivity index (χ1) is 5.33. The quantitative estimate of drug-likeness (QED) is 0.429. The monoisotopic (exact) mass is 176 g/mol. The van der Waals surface area contributed by atoms with Crippen molar-refractivity contribution in [3.05, 3.63) is 0 Å². The Kier molecular flexibility index (Phi) is 2.00. The van der Waals surface area contributed by atoms with Gasteiger partial charge in [0.1, 0.15) is 0 Å². The maximum absolute atomic E-state index is 9.69. The van der Waals surface area contributed by atoms with Crippen molar-refractivity contribution in [2.75, 3.05) is 13.2 Å². The number of aliphatic hydroxyl groups is 4. The molecule has 1 fully saturated rings. The minimum Gasteiger partial charge on any atom is -0.393 e. The van der Waals surface area contributed by atoms with E-state index in [9.17, 15) is 10.2 Å². The van der Waals surface area contributed by atoms with Crippen molar-refractivity contribution in [2.45, 2.75) is 31.5 Å². The summed E-state index contributed by atoms with van der Waals surface area (Å²) in [6.45, 7) is 2.48. The summed E-state index contributed by atoms with van der Waals surface area (Å²) < 4.78 is 0. The van der Waals surface area contributed by atoms with Gasteiger partial charge in [-0.05, 0) is 0 Å². The molecule has 0 aromatic rings. The first-order valence-electron chi connectivity index (χ1n) is 3.99. The van der Waals surface area contributed by atoms with E-state index in [4.69, 9.17) is 10.2 Å². The van der Waals surface area contributed by atoms with Crippen molar-refractivity contribution in [1.29, 1.82) is 0 Å². The van der Waals surface area contributed by atoms with E-state index in [0.717, 1.165) is 0 Å². The normalized spacial score (nSPS) is 45.5. The zero-order chi connectivity index (χ0) is 9.62. The molecule has 0 unspecified atom stereocenters. The Bertz CT molecular complexity index is 173. The molecular formula is C8H16O4. The van der Waals surface area contributed by atoms with Crippen molar-refractivity contribution in [2.24, 2.45) is 5.41 Å². The van der Waals surface area contributed by atoms with Crippen LogP contribution in [0.2, 0.25) is 0 Å². The lowest BCUT2D eigenvalue weighted by atomic mass is 9.49. The summed E-state index contributed by atoms with van der Waals surface area (Å²) in [6, 6.07) is 0. The number of aliphatic hydroxyl groups excluding tert-OH is 2. The van der Waals surface area contributed by atoms with Crippen molar-refractivity contribution < 1.29 is 20.4 Å². The highest BCUT2D eigenvalue weighted by Gasteiger charge is 2.67. The molecular weight excluding hydrogens is 160 g/mol. The summed E-state index contributed by atoms with van der Waals surface area (Å²) in [5.41, 5.74) is -3.38. The molecule has 0 bridgehead atoms. The predicted octanol–water partition coefficient (Wildman–Crippen LogP) is -1.14. The van der Waals surface area contributed by atoms with Crippen LogP contribution < -0.4 is 0 Å². The Labute approximate surface area is 71.5 Å². The highest BCUT2D eigenvalue weighted by Crippen LogP contribution is 2.56. The van der Waals surface area contributed by atoms with Crippen LogP contribution in [-0.2, 0) is 0 Å². The maximum atomic E-state index is 9.69. The molecule has 1 saturated carbocycles. The van der Waals surface area contributed by atoms with Gasteiger partial charge in [-0.2, -0.15) is 0 Å². The summed E-state index contributed by atoms with van der Waals surface area (Å²) in [6.07, 6.45) is 0.0278. The molecule has 0 radical (unpaired) electrons. The van der Waals surface area contributed by atoms with E-state index in [2.05, 4.69) is 0 Å². The number of rotatable bonds is 2. The highest BCUT2D eigenvalue weighted by atomic mass is 16.4. The second kappa shape index (κ2) is 2.42. The molecule has 12 heavy (non-hydrogen) atoms. The second-order valence-electron chi connectivity index (χ2n) is 4.18. The topological polar surface area (TPSA) is 80.9 Å². The minimum absolute atomic E-state index is 0.0278. The molecule has 0 heterocycles. The van der Waals surface area contributed by atoms with E-state index >= 15 is 0 Å². The molecule has 4 nitrogen and oxygen atoms in total. The van der Waals surface area contributed by atoms with Gasteiger partial charge >= 0.3 is 0 Å². The van der Waals surface area contributed by atoms with Crippen molar-refractivity contribution in [1.82, 2.24) is 0 Å². The molecule has 0 aliphatic heterocycles. The van der Waals surface area contributed by atoms with Crippen LogP contribution >= 0.6 is 0 Å². The molecule has 72 valence electrons. The van der Waals surface area contributed by atoms with E-state index in [-0.39, 0.29) is 19.6 Å². The lowest BCUT2D eigenvalue weighted by Gasteiger charge is -2.62. The summed E-state index contributed by atoms with van der Waals surface area (Å²) in [4.78, 5) is 0. The third-order valence-electron chi connectivity index (χ3n) is 3.43. The van der Waals surface area contributed by atoms with Gasteiger partial charge in [-0.1, -0.05) is 13.8 Å². The second-order valence-corrected chi connectivity index (χ2v) is 4.18. The fraction of sp³-hybridized carbons (Fsp3) is 1.00. The van der Waals surface area contributed by atoms with E-state index in [0.29, 0.717) is 0 Å². The van der Waals surface area contributed by atoms with Gasteiger partial charge in [-0.3, -0.25) is 0 Å². The van der Waals surface area contributed by atoms with Crippen LogP contribution in [0.25, 0.3) is 0 Å². The summed E-state index contributed by atoms with van der Waals surface area (Å²) in [5, 5.41) is 37.1. The fourth-order valence-electron chi connectivity index (χ4n) is 1.76. The van der Waals surface area contributed by atoms with E-state index in [1.54, 1.807) is 13.8 Å². The van der Waals surface area contributed by atoms with E-state index in [1.807, 2.05) is 0 Å². The summed E-state index contributed by atoms with van der Waals surface area (Å²) >= 11 is 0. The Morgan fingerprint density at radius 2 is 1.33 bits per heavy atom.